The molecular weight excluding hydrogens is 332 g/mol. The van der Waals surface area contributed by atoms with Crippen LogP contribution in [0.1, 0.15) is 13.8 Å². The fourth-order valence-electron chi connectivity index (χ4n) is 2.75. The van der Waals surface area contributed by atoms with Gasteiger partial charge in [-0.2, -0.15) is 0 Å². The highest BCUT2D eigenvalue weighted by atomic mass is 32.2. The molecule has 1 aromatic rings. The maximum atomic E-state index is 12.4. The molecule has 3 amide bonds. The first-order valence-electron chi connectivity index (χ1n) is 8.13. The van der Waals surface area contributed by atoms with Crippen LogP contribution in [0.15, 0.2) is 5.16 Å². The summed E-state index contributed by atoms with van der Waals surface area (Å²) >= 11 is 1.34. The van der Waals surface area contributed by atoms with E-state index < -0.39 is 5.25 Å². The number of hydrogen-bond acceptors (Lipinski definition) is 7. The molecule has 1 atom stereocenters. The highest BCUT2D eigenvalue weighted by Crippen LogP contribution is 2.27. The van der Waals surface area contributed by atoms with Crippen molar-refractivity contribution in [3.05, 3.63) is 0 Å². The fraction of sp³-hybridized carbons (Fsp3) is 0.714. The summed E-state index contributed by atoms with van der Waals surface area (Å²) < 4.78 is 7.38. The van der Waals surface area contributed by atoms with Gasteiger partial charge in [-0.3, -0.25) is 14.3 Å². The lowest BCUT2D eigenvalue weighted by Gasteiger charge is -2.27. The Morgan fingerprint density at radius 2 is 2.08 bits per heavy atom. The molecule has 0 radical (unpaired) electrons. The van der Waals surface area contributed by atoms with Crippen LogP contribution < -0.4 is 10.2 Å². The van der Waals surface area contributed by atoms with Gasteiger partial charge in [0.25, 0.3) is 0 Å². The smallest absolute Gasteiger partial charge is 0.324 e. The Bertz CT molecular complexity index is 616. The Labute approximate surface area is 144 Å². The second-order valence-corrected chi connectivity index (χ2v) is 6.92. The lowest BCUT2D eigenvalue weighted by atomic mass is 10.4. The van der Waals surface area contributed by atoms with Crippen molar-refractivity contribution in [2.24, 2.45) is 0 Å². The van der Waals surface area contributed by atoms with Crippen LogP contribution in [-0.4, -0.2) is 76.2 Å². The molecule has 0 aromatic carbocycles. The predicted octanol–water partition coefficient (Wildman–Crippen LogP) is 0.167. The van der Waals surface area contributed by atoms with Crippen molar-refractivity contribution in [2.75, 3.05) is 44.3 Å². The Morgan fingerprint density at radius 1 is 1.33 bits per heavy atom. The molecule has 2 fully saturated rings. The summed E-state index contributed by atoms with van der Waals surface area (Å²) in [4.78, 5) is 27.5. The Balaban J connectivity index is 1.71. The summed E-state index contributed by atoms with van der Waals surface area (Å²) in [6.45, 7) is 8.38. The molecule has 0 spiro atoms. The minimum Gasteiger partial charge on any atom is -0.378 e. The van der Waals surface area contributed by atoms with Crippen LogP contribution in [0.2, 0.25) is 0 Å². The molecule has 0 unspecified atom stereocenters. The number of morpholine rings is 1. The van der Waals surface area contributed by atoms with Crippen molar-refractivity contribution in [3.8, 4) is 0 Å². The maximum absolute atomic E-state index is 12.4. The number of thioether (sulfide) groups is 1. The van der Waals surface area contributed by atoms with Crippen LogP contribution in [0, 0.1) is 0 Å². The summed E-state index contributed by atoms with van der Waals surface area (Å²) in [5.41, 5.74) is 0. The second-order valence-electron chi connectivity index (χ2n) is 5.61. The van der Waals surface area contributed by atoms with Crippen LogP contribution in [0.4, 0.5) is 10.7 Å². The number of nitrogens with one attached hydrogen (secondary N) is 1. The third kappa shape index (κ3) is 3.34. The molecule has 2 saturated heterocycles. The molecule has 0 saturated carbocycles. The average Bonchev–Trinajstić information content (AvgIpc) is 3.20. The zero-order valence-corrected chi connectivity index (χ0v) is 14.7. The van der Waals surface area contributed by atoms with E-state index in [4.69, 9.17) is 4.74 Å². The molecule has 3 heterocycles. The number of urea groups is 1. The van der Waals surface area contributed by atoms with Gasteiger partial charge in [0.2, 0.25) is 11.9 Å². The van der Waals surface area contributed by atoms with E-state index in [0.29, 0.717) is 38.0 Å². The highest BCUT2D eigenvalue weighted by Gasteiger charge is 2.31. The molecule has 24 heavy (non-hydrogen) atoms. The molecule has 2 aliphatic rings. The van der Waals surface area contributed by atoms with Gasteiger partial charge in [0.15, 0.2) is 5.16 Å². The second kappa shape index (κ2) is 7.39. The highest BCUT2D eigenvalue weighted by molar-refractivity contribution is 8.00. The zero-order valence-electron chi connectivity index (χ0n) is 13.9. The van der Waals surface area contributed by atoms with Crippen molar-refractivity contribution < 1.29 is 14.3 Å². The van der Waals surface area contributed by atoms with Crippen molar-refractivity contribution in [1.29, 1.82) is 0 Å². The normalized spacial score (nSPS) is 19.5. The van der Waals surface area contributed by atoms with E-state index >= 15 is 0 Å². The predicted molar refractivity (Wildman–Crippen MR) is 89.2 cm³/mol. The maximum Gasteiger partial charge on any atom is 0.324 e. The number of amides is 3. The van der Waals surface area contributed by atoms with Crippen LogP contribution in [-0.2, 0) is 16.1 Å². The number of ether oxygens (including phenoxy) is 1. The quantitative estimate of drug-likeness (QED) is 0.753. The van der Waals surface area contributed by atoms with Gasteiger partial charge in [-0.15, -0.1) is 10.2 Å². The SMILES string of the molecule is CCn1c(S[C@@H](C)C(=O)N2CCNC2=O)nnc1N1CCOCC1. The Hall–Kier alpha value is -1.81. The van der Waals surface area contributed by atoms with Gasteiger partial charge in [0.05, 0.1) is 18.5 Å². The van der Waals surface area contributed by atoms with Gasteiger partial charge in [-0.05, 0) is 13.8 Å². The lowest BCUT2D eigenvalue weighted by molar-refractivity contribution is -0.126. The van der Waals surface area contributed by atoms with Crippen molar-refractivity contribution in [3.63, 3.8) is 0 Å². The van der Waals surface area contributed by atoms with E-state index in [1.807, 2.05) is 11.5 Å². The number of anilines is 1. The lowest BCUT2D eigenvalue weighted by Crippen LogP contribution is -2.39. The summed E-state index contributed by atoms with van der Waals surface area (Å²) in [5, 5.41) is 11.5. The number of imide groups is 1. The third-order valence-electron chi connectivity index (χ3n) is 4.06. The minimum atomic E-state index is -0.402. The number of carbonyl (C=O) groups excluding carboxylic acids is 2. The van der Waals surface area contributed by atoms with Crippen LogP contribution in [0.3, 0.4) is 0 Å². The first-order chi connectivity index (χ1) is 11.6. The summed E-state index contributed by atoms with van der Waals surface area (Å²) in [6.07, 6.45) is 0. The van der Waals surface area contributed by atoms with Gasteiger partial charge >= 0.3 is 6.03 Å². The number of nitrogens with zero attached hydrogens (tertiary/aromatic N) is 5. The Kier molecular flexibility index (Phi) is 5.24. The van der Waals surface area contributed by atoms with Crippen molar-refractivity contribution >= 4 is 29.6 Å². The fourth-order valence-corrected chi connectivity index (χ4v) is 3.72. The summed E-state index contributed by atoms with van der Waals surface area (Å²) in [5.74, 6) is 0.607. The van der Waals surface area contributed by atoms with Gasteiger partial charge in [0.1, 0.15) is 0 Å². The average molecular weight is 354 g/mol. The van der Waals surface area contributed by atoms with Crippen LogP contribution in [0.25, 0.3) is 0 Å². The van der Waals surface area contributed by atoms with Gasteiger partial charge < -0.3 is 15.0 Å². The minimum absolute atomic E-state index is 0.200. The first kappa shape index (κ1) is 17.0. The third-order valence-corrected chi connectivity index (χ3v) is 5.13. The summed E-state index contributed by atoms with van der Waals surface area (Å²) in [6, 6.07) is -0.321. The molecule has 0 aliphatic carbocycles. The molecule has 132 valence electrons. The molecule has 9 nitrogen and oxygen atoms in total. The number of hydrogen-bond donors (Lipinski definition) is 1. The van der Waals surface area contributed by atoms with E-state index in [-0.39, 0.29) is 11.9 Å². The first-order valence-corrected chi connectivity index (χ1v) is 9.01. The molecule has 1 aromatic heterocycles. The van der Waals surface area contributed by atoms with E-state index in [1.165, 1.54) is 16.7 Å². The molecule has 3 rings (SSSR count). The van der Waals surface area contributed by atoms with Gasteiger partial charge in [0, 0.05) is 32.7 Å². The van der Waals surface area contributed by atoms with E-state index in [0.717, 1.165) is 19.0 Å². The van der Waals surface area contributed by atoms with Crippen molar-refractivity contribution in [1.82, 2.24) is 25.0 Å². The molecule has 2 aliphatic heterocycles. The number of aromatic nitrogens is 3. The van der Waals surface area contributed by atoms with E-state index in [2.05, 4.69) is 20.4 Å². The molecular formula is C14H22N6O3S. The van der Waals surface area contributed by atoms with Gasteiger partial charge in [-0.1, -0.05) is 11.8 Å². The molecule has 10 heteroatoms. The number of rotatable bonds is 5. The van der Waals surface area contributed by atoms with E-state index in [9.17, 15) is 9.59 Å². The molecule has 0 bridgehead atoms. The Morgan fingerprint density at radius 3 is 2.71 bits per heavy atom. The zero-order chi connectivity index (χ0) is 17.1. The number of carbonyl (C=O) groups is 2. The monoisotopic (exact) mass is 354 g/mol. The van der Waals surface area contributed by atoms with Gasteiger partial charge in [-0.25, -0.2) is 4.79 Å². The largest absolute Gasteiger partial charge is 0.378 e. The standard InChI is InChI=1S/C14H22N6O3S/c1-3-19-12(18-6-8-23-9-7-18)16-17-14(19)24-10(2)11(21)20-5-4-15-13(20)22/h10H,3-9H2,1-2H3,(H,15,22)/t10-/m0/s1. The topological polar surface area (TPSA) is 92.6 Å². The van der Waals surface area contributed by atoms with Crippen LogP contribution in [0.5, 0.6) is 0 Å². The molecule has 1 N–H and O–H groups in total. The van der Waals surface area contributed by atoms with Crippen LogP contribution >= 0.6 is 11.8 Å². The van der Waals surface area contributed by atoms with E-state index in [1.54, 1.807) is 6.92 Å². The van der Waals surface area contributed by atoms with Crippen molar-refractivity contribution in [2.45, 2.75) is 30.8 Å². The summed E-state index contributed by atoms with van der Waals surface area (Å²) in [7, 11) is 0.